The van der Waals surface area contributed by atoms with Crippen LogP contribution in [0, 0.1) is 19.3 Å². The minimum absolute atomic E-state index is 0.00896. The van der Waals surface area contributed by atoms with Crippen molar-refractivity contribution in [1.82, 2.24) is 10.3 Å². The van der Waals surface area contributed by atoms with Gasteiger partial charge in [-0.2, -0.15) is 0 Å². The summed E-state index contributed by atoms with van der Waals surface area (Å²) in [5.41, 5.74) is 5.64. The van der Waals surface area contributed by atoms with Crippen molar-refractivity contribution >= 4 is 22.6 Å². The van der Waals surface area contributed by atoms with Gasteiger partial charge in [-0.3, -0.25) is 4.79 Å². The number of nitrogens with one attached hydrogen (secondary N) is 2. The predicted molar refractivity (Wildman–Crippen MR) is 123 cm³/mol. The van der Waals surface area contributed by atoms with Crippen molar-refractivity contribution < 1.29 is 9.53 Å². The lowest BCUT2D eigenvalue weighted by atomic mass is 9.98. The highest BCUT2D eigenvalue weighted by molar-refractivity contribution is 5.91. The third-order valence-corrected chi connectivity index (χ3v) is 6.22. The van der Waals surface area contributed by atoms with Gasteiger partial charge in [0.05, 0.1) is 12.1 Å². The molecule has 2 unspecified atom stereocenters. The Morgan fingerprint density at radius 1 is 1.26 bits per heavy atom. The summed E-state index contributed by atoms with van der Waals surface area (Å²) in [5, 5.41) is 7.52. The van der Waals surface area contributed by atoms with Gasteiger partial charge in [0.2, 0.25) is 5.91 Å². The molecule has 0 spiro atoms. The summed E-state index contributed by atoms with van der Waals surface area (Å²) in [7, 11) is 0. The molecule has 0 bridgehead atoms. The molecule has 2 N–H and O–H groups in total. The molecule has 31 heavy (non-hydrogen) atoms. The standard InChI is InChI=1S/C26H25N3O2/c1-3-21-15-20(10-11-31-21)27-26(30)24-14-19-13-18-12-17(22-7-5-4-6-16(22)2)8-9-23(18)28-25(19)29-24/h1,4-9,12-13,20-21,24H,10-11,14-15H2,2H3,(H,27,30)(H,28,29)/t20?,21?,24-/m1/s1. The summed E-state index contributed by atoms with van der Waals surface area (Å²) in [5.74, 6) is 3.42. The van der Waals surface area contributed by atoms with Crippen LogP contribution in [0.25, 0.3) is 22.0 Å². The molecule has 0 aliphatic carbocycles. The molecule has 1 amide bonds. The number of terminal acetylenes is 1. The van der Waals surface area contributed by atoms with E-state index < -0.39 is 0 Å². The van der Waals surface area contributed by atoms with Crippen molar-refractivity contribution in [3.05, 3.63) is 59.7 Å². The maximum Gasteiger partial charge on any atom is 0.243 e. The van der Waals surface area contributed by atoms with Gasteiger partial charge in [0, 0.05) is 24.3 Å². The van der Waals surface area contributed by atoms with Gasteiger partial charge in [0.25, 0.3) is 0 Å². The van der Waals surface area contributed by atoms with Crippen molar-refractivity contribution in [2.24, 2.45) is 0 Å². The number of amides is 1. The smallest absolute Gasteiger partial charge is 0.243 e. The van der Waals surface area contributed by atoms with E-state index in [0.717, 1.165) is 28.7 Å². The first-order valence-electron chi connectivity index (χ1n) is 10.7. The van der Waals surface area contributed by atoms with Crippen LogP contribution in [0.5, 0.6) is 0 Å². The lowest BCUT2D eigenvalue weighted by Crippen LogP contribution is -2.47. The van der Waals surface area contributed by atoms with Crippen molar-refractivity contribution in [2.75, 3.05) is 11.9 Å². The maximum absolute atomic E-state index is 12.9. The second kappa shape index (κ2) is 8.05. The van der Waals surface area contributed by atoms with Gasteiger partial charge < -0.3 is 15.4 Å². The molecule has 2 aliphatic heterocycles. The zero-order valence-electron chi connectivity index (χ0n) is 17.5. The number of fused-ring (bicyclic) bond motifs is 2. The minimum Gasteiger partial charge on any atom is -0.365 e. The van der Waals surface area contributed by atoms with Gasteiger partial charge in [0.1, 0.15) is 18.0 Å². The number of ether oxygens (including phenoxy) is 1. The Kier molecular flexibility index (Phi) is 5.09. The van der Waals surface area contributed by atoms with E-state index in [1.807, 2.05) is 0 Å². The van der Waals surface area contributed by atoms with Crippen LogP contribution in [0.4, 0.5) is 5.82 Å². The van der Waals surface area contributed by atoms with E-state index in [4.69, 9.17) is 16.1 Å². The van der Waals surface area contributed by atoms with Crippen molar-refractivity contribution in [2.45, 2.75) is 44.4 Å². The number of rotatable bonds is 3. The summed E-state index contributed by atoms with van der Waals surface area (Å²) < 4.78 is 5.50. The Bertz CT molecular complexity index is 1200. The number of carbonyl (C=O) groups excluding carboxylic acids is 1. The van der Waals surface area contributed by atoms with Crippen molar-refractivity contribution in [3.8, 4) is 23.5 Å². The average molecular weight is 412 g/mol. The molecule has 1 saturated heterocycles. The van der Waals surface area contributed by atoms with Crippen LogP contribution in [0.15, 0.2) is 48.5 Å². The molecule has 1 fully saturated rings. The number of aryl methyl sites for hydroxylation is 1. The SMILES string of the molecule is C#CC1CC(NC(=O)[C@H]2Cc3cc4cc(-c5ccccc5C)ccc4nc3N2)CCO1. The molecule has 2 aromatic carbocycles. The largest absolute Gasteiger partial charge is 0.365 e. The third-order valence-electron chi connectivity index (χ3n) is 6.22. The molecule has 1 aromatic heterocycles. The number of benzene rings is 2. The maximum atomic E-state index is 12.9. The Labute approximate surface area is 182 Å². The molecule has 0 radical (unpaired) electrons. The van der Waals surface area contributed by atoms with Crippen LogP contribution in [-0.2, 0) is 16.0 Å². The normalized spacial score (nSPS) is 22.4. The summed E-state index contributed by atoms with van der Waals surface area (Å²) in [6.07, 6.45) is 7.32. The van der Waals surface area contributed by atoms with Crippen LogP contribution in [0.2, 0.25) is 0 Å². The highest BCUT2D eigenvalue weighted by Gasteiger charge is 2.31. The zero-order chi connectivity index (χ0) is 21.4. The van der Waals surface area contributed by atoms with E-state index >= 15 is 0 Å². The van der Waals surface area contributed by atoms with Gasteiger partial charge in [0.15, 0.2) is 0 Å². The third kappa shape index (κ3) is 3.87. The van der Waals surface area contributed by atoms with E-state index in [0.29, 0.717) is 19.4 Å². The quantitative estimate of drug-likeness (QED) is 0.643. The topological polar surface area (TPSA) is 63.2 Å². The number of aromatic nitrogens is 1. The minimum atomic E-state index is -0.317. The fourth-order valence-electron chi connectivity index (χ4n) is 4.51. The molecular weight excluding hydrogens is 386 g/mol. The van der Waals surface area contributed by atoms with E-state index in [1.165, 1.54) is 16.7 Å². The molecule has 156 valence electrons. The van der Waals surface area contributed by atoms with Crippen LogP contribution < -0.4 is 10.6 Å². The highest BCUT2D eigenvalue weighted by Crippen LogP contribution is 2.31. The molecule has 3 aromatic rings. The number of anilines is 1. The van der Waals surface area contributed by atoms with Gasteiger partial charge in [-0.05, 0) is 53.8 Å². The van der Waals surface area contributed by atoms with Gasteiger partial charge in [-0.1, -0.05) is 36.3 Å². The average Bonchev–Trinajstić information content (AvgIpc) is 3.20. The van der Waals surface area contributed by atoms with Crippen LogP contribution in [0.1, 0.15) is 24.0 Å². The lowest BCUT2D eigenvalue weighted by Gasteiger charge is -2.28. The first kappa shape index (κ1) is 19.6. The van der Waals surface area contributed by atoms with Crippen LogP contribution in [-0.4, -0.2) is 35.7 Å². The molecule has 2 aliphatic rings. The fourth-order valence-corrected chi connectivity index (χ4v) is 4.51. The molecule has 3 heterocycles. The number of hydrogen-bond donors (Lipinski definition) is 2. The molecule has 5 heteroatoms. The number of nitrogens with zero attached hydrogens (tertiary/aromatic N) is 1. The first-order valence-corrected chi connectivity index (χ1v) is 10.7. The first-order chi connectivity index (χ1) is 15.1. The number of carbonyl (C=O) groups is 1. The van der Waals surface area contributed by atoms with Crippen LogP contribution >= 0.6 is 0 Å². The molecular formula is C26H25N3O2. The van der Waals surface area contributed by atoms with E-state index in [9.17, 15) is 4.79 Å². The second-order valence-electron chi connectivity index (χ2n) is 8.38. The molecule has 0 saturated carbocycles. The number of pyridine rings is 1. The summed E-state index contributed by atoms with van der Waals surface area (Å²) >= 11 is 0. The fraction of sp³-hybridized carbons (Fsp3) is 0.308. The molecule has 5 rings (SSSR count). The van der Waals surface area contributed by atoms with E-state index in [2.05, 4.69) is 72.0 Å². The van der Waals surface area contributed by atoms with Gasteiger partial charge in [-0.25, -0.2) is 4.98 Å². The molecule has 5 nitrogen and oxygen atoms in total. The Hall–Kier alpha value is -3.36. The Morgan fingerprint density at radius 3 is 2.97 bits per heavy atom. The Balaban J connectivity index is 1.34. The lowest BCUT2D eigenvalue weighted by molar-refractivity contribution is -0.123. The summed E-state index contributed by atoms with van der Waals surface area (Å²) in [6.45, 7) is 2.70. The summed E-state index contributed by atoms with van der Waals surface area (Å²) in [6, 6.07) is 16.6. The highest BCUT2D eigenvalue weighted by atomic mass is 16.5. The predicted octanol–water partition coefficient (Wildman–Crippen LogP) is 3.84. The van der Waals surface area contributed by atoms with Crippen molar-refractivity contribution in [3.63, 3.8) is 0 Å². The van der Waals surface area contributed by atoms with Crippen molar-refractivity contribution in [1.29, 1.82) is 0 Å². The molecule has 3 atom stereocenters. The van der Waals surface area contributed by atoms with Crippen LogP contribution in [0.3, 0.4) is 0 Å². The zero-order valence-corrected chi connectivity index (χ0v) is 17.5. The van der Waals surface area contributed by atoms with E-state index in [1.54, 1.807) is 0 Å². The number of hydrogen-bond acceptors (Lipinski definition) is 4. The monoisotopic (exact) mass is 411 g/mol. The van der Waals surface area contributed by atoms with E-state index in [-0.39, 0.29) is 24.1 Å². The van der Waals surface area contributed by atoms with Gasteiger partial charge in [-0.15, -0.1) is 6.42 Å². The second-order valence-corrected chi connectivity index (χ2v) is 8.38. The summed E-state index contributed by atoms with van der Waals surface area (Å²) in [4.78, 5) is 17.6. The Morgan fingerprint density at radius 2 is 2.13 bits per heavy atom. The van der Waals surface area contributed by atoms with Gasteiger partial charge >= 0.3 is 0 Å².